The molecule has 108 valence electrons. The van der Waals surface area contributed by atoms with Crippen molar-refractivity contribution in [1.29, 1.82) is 0 Å². The van der Waals surface area contributed by atoms with Gasteiger partial charge in [0.05, 0.1) is 6.54 Å². The Morgan fingerprint density at radius 2 is 1.78 bits per heavy atom. The zero-order valence-electron chi connectivity index (χ0n) is 12.6. The summed E-state index contributed by atoms with van der Waals surface area (Å²) in [5.74, 6) is 1.97. The van der Waals surface area contributed by atoms with Crippen molar-refractivity contribution in [3.8, 4) is 0 Å². The fraction of sp³-hybridized carbons (Fsp3) is 0.929. The van der Waals surface area contributed by atoms with Crippen molar-refractivity contribution in [2.24, 2.45) is 17.8 Å². The van der Waals surface area contributed by atoms with Gasteiger partial charge in [0.2, 0.25) is 5.91 Å². The van der Waals surface area contributed by atoms with Crippen LogP contribution in [0.5, 0.6) is 0 Å². The number of hydrogen-bond acceptors (Lipinski definition) is 3. The lowest BCUT2D eigenvalue weighted by Gasteiger charge is -2.25. The maximum atomic E-state index is 11.5. The topological polar surface area (TPSA) is 50.4 Å². The second-order valence-corrected chi connectivity index (χ2v) is 5.48. The minimum atomic E-state index is 0.0670. The number of rotatable bonds is 10. The van der Waals surface area contributed by atoms with Crippen LogP contribution < -0.4 is 10.6 Å². The lowest BCUT2D eigenvalue weighted by Crippen LogP contribution is -2.38. The third-order valence-corrected chi connectivity index (χ3v) is 3.23. The Bertz CT molecular complexity index is 210. The van der Waals surface area contributed by atoms with Crippen molar-refractivity contribution in [3.63, 3.8) is 0 Å². The van der Waals surface area contributed by atoms with Crippen LogP contribution in [0.4, 0.5) is 0 Å². The molecule has 0 aromatic carbocycles. The Labute approximate surface area is 112 Å². The highest BCUT2D eigenvalue weighted by molar-refractivity contribution is 5.77. The highest BCUT2D eigenvalue weighted by Gasteiger charge is 2.17. The molecule has 0 unspecified atom stereocenters. The molecule has 0 aliphatic rings. The van der Waals surface area contributed by atoms with Crippen LogP contribution in [-0.4, -0.2) is 39.3 Å². The summed E-state index contributed by atoms with van der Waals surface area (Å²) in [6.45, 7) is 11.6. The van der Waals surface area contributed by atoms with E-state index in [1.807, 2.05) is 0 Å². The molecule has 18 heavy (non-hydrogen) atoms. The summed E-state index contributed by atoms with van der Waals surface area (Å²) in [4.78, 5) is 11.5. The monoisotopic (exact) mass is 258 g/mol. The van der Waals surface area contributed by atoms with Gasteiger partial charge in [0.25, 0.3) is 0 Å². The number of hydrogen-bond donors (Lipinski definition) is 2. The molecule has 0 bridgehead atoms. The van der Waals surface area contributed by atoms with Crippen LogP contribution in [0, 0.1) is 17.8 Å². The predicted octanol–water partition coefficient (Wildman–Crippen LogP) is 1.66. The quantitative estimate of drug-likeness (QED) is 0.586. The first-order valence-corrected chi connectivity index (χ1v) is 6.95. The molecule has 2 N–H and O–H groups in total. The van der Waals surface area contributed by atoms with E-state index in [2.05, 4.69) is 38.3 Å². The van der Waals surface area contributed by atoms with E-state index in [0.29, 0.717) is 37.5 Å². The van der Waals surface area contributed by atoms with Crippen molar-refractivity contribution in [2.45, 2.75) is 34.1 Å². The van der Waals surface area contributed by atoms with Gasteiger partial charge in [0.1, 0.15) is 0 Å². The van der Waals surface area contributed by atoms with Crippen molar-refractivity contribution in [2.75, 3.05) is 33.4 Å². The minimum absolute atomic E-state index is 0.0670. The Balaban J connectivity index is 3.66. The van der Waals surface area contributed by atoms with Crippen LogP contribution in [0.3, 0.4) is 0 Å². The molecule has 0 fully saturated rings. The highest BCUT2D eigenvalue weighted by Crippen LogP contribution is 2.19. The first-order chi connectivity index (χ1) is 8.49. The zero-order chi connectivity index (χ0) is 14.0. The number of carbonyl (C=O) groups excluding carboxylic acids is 1. The van der Waals surface area contributed by atoms with Gasteiger partial charge in [-0.25, -0.2) is 0 Å². The summed E-state index contributed by atoms with van der Waals surface area (Å²) in [5, 5.41) is 6.11. The number of methoxy groups -OCH3 is 1. The van der Waals surface area contributed by atoms with Gasteiger partial charge in [-0.3, -0.25) is 4.79 Å². The van der Waals surface area contributed by atoms with Crippen LogP contribution >= 0.6 is 0 Å². The molecular weight excluding hydrogens is 228 g/mol. The Kier molecular flexibility index (Phi) is 9.98. The molecule has 0 atom stereocenters. The first kappa shape index (κ1) is 17.4. The molecule has 0 aliphatic carbocycles. The molecule has 0 radical (unpaired) electrons. The molecule has 0 heterocycles. The molecule has 0 aromatic rings. The van der Waals surface area contributed by atoms with Crippen LogP contribution in [0.25, 0.3) is 0 Å². The molecule has 0 aliphatic heterocycles. The van der Waals surface area contributed by atoms with E-state index >= 15 is 0 Å². The standard InChI is InChI=1S/C14H30N2O2/c1-11(2)13(12(3)4)9-15-10-14(17)16-7-6-8-18-5/h11-13,15H,6-10H2,1-5H3,(H,16,17). The van der Waals surface area contributed by atoms with E-state index < -0.39 is 0 Å². The van der Waals surface area contributed by atoms with E-state index in [4.69, 9.17) is 4.74 Å². The van der Waals surface area contributed by atoms with Crippen molar-refractivity contribution < 1.29 is 9.53 Å². The molecule has 0 rings (SSSR count). The summed E-state index contributed by atoms with van der Waals surface area (Å²) in [6.07, 6.45) is 0.864. The third-order valence-electron chi connectivity index (χ3n) is 3.23. The van der Waals surface area contributed by atoms with Crippen LogP contribution in [0.15, 0.2) is 0 Å². The van der Waals surface area contributed by atoms with Gasteiger partial charge in [0, 0.05) is 20.3 Å². The van der Waals surface area contributed by atoms with Gasteiger partial charge in [-0.1, -0.05) is 27.7 Å². The fourth-order valence-corrected chi connectivity index (χ4v) is 2.10. The van der Waals surface area contributed by atoms with E-state index in [9.17, 15) is 4.79 Å². The molecule has 0 saturated carbocycles. The average molecular weight is 258 g/mol. The van der Waals surface area contributed by atoms with Gasteiger partial charge < -0.3 is 15.4 Å². The maximum absolute atomic E-state index is 11.5. The highest BCUT2D eigenvalue weighted by atomic mass is 16.5. The van der Waals surface area contributed by atoms with Gasteiger partial charge in [-0.15, -0.1) is 0 Å². The van der Waals surface area contributed by atoms with Gasteiger partial charge in [-0.2, -0.15) is 0 Å². The van der Waals surface area contributed by atoms with E-state index in [1.54, 1.807) is 7.11 Å². The lowest BCUT2D eigenvalue weighted by molar-refractivity contribution is -0.120. The van der Waals surface area contributed by atoms with Crippen LogP contribution in [0.1, 0.15) is 34.1 Å². The van der Waals surface area contributed by atoms with Gasteiger partial charge in [-0.05, 0) is 30.7 Å². The summed E-state index contributed by atoms with van der Waals surface area (Å²) in [5.41, 5.74) is 0. The van der Waals surface area contributed by atoms with Gasteiger partial charge in [0.15, 0.2) is 0 Å². The van der Waals surface area contributed by atoms with Gasteiger partial charge >= 0.3 is 0 Å². The molecule has 4 heteroatoms. The summed E-state index contributed by atoms with van der Waals surface area (Å²) in [6, 6.07) is 0. The summed E-state index contributed by atoms with van der Waals surface area (Å²) < 4.78 is 4.92. The SMILES string of the molecule is COCCCNC(=O)CNCC(C(C)C)C(C)C. The molecular formula is C14H30N2O2. The second kappa shape index (κ2) is 10.3. The van der Waals surface area contributed by atoms with Crippen molar-refractivity contribution >= 4 is 5.91 Å². The van der Waals surface area contributed by atoms with E-state index in [1.165, 1.54) is 0 Å². The Morgan fingerprint density at radius 1 is 1.17 bits per heavy atom. The third kappa shape index (κ3) is 8.48. The van der Waals surface area contributed by atoms with E-state index in [-0.39, 0.29) is 5.91 Å². The minimum Gasteiger partial charge on any atom is -0.385 e. The Hall–Kier alpha value is -0.610. The second-order valence-electron chi connectivity index (χ2n) is 5.48. The van der Waals surface area contributed by atoms with E-state index in [0.717, 1.165) is 13.0 Å². The summed E-state index contributed by atoms with van der Waals surface area (Å²) >= 11 is 0. The summed E-state index contributed by atoms with van der Waals surface area (Å²) in [7, 11) is 1.67. The normalized spacial score (nSPS) is 11.6. The van der Waals surface area contributed by atoms with Crippen LogP contribution in [0.2, 0.25) is 0 Å². The maximum Gasteiger partial charge on any atom is 0.233 e. The van der Waals surface area contributed by atoms with Crippen molar-refractivity contribution in [3.05, 3.63) is 0 Å². The zero-order valence-corrected chi connectivity index (χ0v) is 12.6. The number of carbonyl (C=O) groups is 1. The first-order valence-electron chi connectivity index (χ1n) is 6.95. The fourth-order valence-electron chi connectivity index (χ4n) is 2.10. The number of amides is 1. The number of ether oxygens (including phenoxy) is 1. The smallest absolute Gasteiger partial charge is 0.233 e. The molecule has 0 aromatic heterocycles. The molecule has 4 nitrogen and oxygen atoms in total. The van der Waals surface area contributed by atoms with Crippen LogP contribution in [-0.2, 0) is 9.53 Å². The molecule has 1 amide bonds. The lowest BCUT2D eigenvalue weighted by atomic mass is 9.85. The average Bonchev–Trinajstić information content (AvgIpc) is 2.29. The Morgan fingerprint density at radius 3 is 2.28 bits per heavy atom. The molecule has 0 saturated heterocycles. The predicted molar refractivity (Wildman–Crippen MR) is 75.5 cm³/mol. The number of nitrogens with one attached hydrogen (secondary N) is 2. The largest absolute Gasteiger partial charge is 0.385 e. The van der Waals surface area contributed by atoms with Crippen molar-refractivity contribution in [1.82, 2.24) is 10.6 Å². The molecule has 0 spiro atoms.